The summed E-state index contributed by atoms with van der Waals surface area (Å²) in [7, 11) is 1.65. The van der Waals surface area contributed by atoms with Gasteiger partial charge in [0.25, 0.3) is 0 Å². The minimum atomic E-state index is -0.937. The van der Waals surface area contributed by atoms with Gasteiger partial charge in [0.15, 0.2) is 0 Å². The highest BCUT2D eigenvalue weighted by Gasteiger charge is 2.11. The second-order valence-electron chi connectivity index (χ2n) is 3.94. The number of anilines is 1. The largest absolute Gasteiger partial charge is 0.478 e. The first-order valence-electron chi connectivity index (χ1n) is 5.30. The van der Waals surface area contributed by atoms with Gasteiger partial charge in [0.2, 0.25) is 0 Å². The molecule has 5 heteroatoms. The monoisotopic (exact) mass is 301 g/mol. The van der Waals surface area contributed by atoms with E-state index in [1.54, 1.807) is 19.2 Å². The van der Waals surface area contributed by atoms with Crippen LogP contribution in [-0.2, 0) is 4.74 Å². The molecule has 0 bridgehead atoms. The molecule has 94 valence electrons. The standard InChI is InChI=1S/C12H16BrNO3/c1-8(7-17-2)6-14-11-4-3-9(13)5-10(11)12(15)16/h3-5,8,14H,6-7H2,1-2H3,(H,15,16). The van der Waals surface area contributed by atoms with Gasteiger partial charge in [-0.3, -0.25) is 0 Å². The Kier molecular flexibility index (Phi) is 5.44. The van der Waals surface area contributed by atoms with Crippen molar-refractivity contribution in [3.63, 3.8) is 0 Å². The molecule has 1 atom stereocenters. The topological polar surface area (TPSA) is 58.6 Å². The minimum absolute atomic E-state index is 0.268. The molecular weight excluding hydrogens is 286 g/mol. The highest BCUT2D eigenvalue weighted by molar-refractivity contribution is 9.10. The Hall–Kier alpha value is -1.07. The fourth-order valence-electron chi connectivity index (χ4n) is 1.48. The van der Waals surface area contributed by atoms with Crippen LogP contribution in [-0.4, -0.2) is 31.3 Å². The van der Waals surface area contributed by atoms with Gasteiger partial charge in [-0.2, -0.15) is 0 Å². The summed E-state index contributed by atoms with van der Waals surface area (Å²) in [6.45, 7) is 3.36. The summed E-state index contributed by atoms with van der Waals surface area (Å²) in [4.78, 5) is 11.1. The number of rotatable bonds is 6. The molecule has 2 N–H and O–H groups in total. The lowest BCUT2D eigenvalue weighted by molar-refractivity contribution is 0.0698. The van der Waals surface area contributed by atoms with Crippen molar-refractivity contribution >= 4 is 27.6 Å². The van der Waals surface area contributed by atoms with Crippen LogP contribution >= 0.6 is 15.9 Å². The second kappa shape index (κ2) is 6.61. The fraction of sp³-hybridized carbons (Fsp3) is 0.417. The van der Waals surface area contributed by atoms with E-state index >= 15 is 0 Å². The molecule has 0 aliphatic heterocycles. The fourth-order valence-corrected chi connectivity index (χ4v) is 1.84. The number of ether oxygens (including phenoxy) is 1. The van der Waals surface area contributed by atoms with E-state index in [0.29, 0.717) is 24.8 Å². The molecule has 0 fully saturated rings. The summed E-state index contributed by atoms with van der Waals surface area (Å²) in [6, 6.07) is 5.16. The van der Waals surface area contributed by atoms with E-state index in [0.717, 1.165) is 4.47 Å². The lowest BCUT2D eigenvalue weighted by Crippen LogP contribution is -2.17. The van der Waals surface area contributed by atoms with Crippen molar-refractivity contribution in [3.8, 4) is 0 Å². The van der Waals surface area contributed by atoms with Gasteiger partial charge < -0.3 is 15.2 Å². The minimum Gasteiger partial charge on any atom is -0.478 e. The van der Waals surface area contributed by atoms with Crippen molar-refractivity contribution in [2.24, 2.45) is 5.92 Å². The van der Waals surface area contributed by atoms with Crippen molar-refractivity contribution in [1.82, 2.24) is 0 Å². The number of carbonyl (C=O) groups is 1. The van der Waals surface area contributed by atoms with Gasteiger partial charge in [-0.25, -0.2) is 4.79 Å². The number of halogens is 1. The molecule has 1 unspecified atom stereocenters. The van der Waals surface area contributed by atoms with Crippen molar-refractivity contribution in [3.05, 3.63) is 28.2 Å². The van der Waals surface area contributed by atoms with E-state index < -0.39 is 5.97 Å². The quantitative estimate of drug-likeness (QED) is 0.848. The van der Waals surface area contributed by atoms with Crippen molar-refractivity contribution < 1.29 is 14.6 Å². The van der Waals surface area contributed by atoms with Crippen LogP contribution in [0.1, 0.15) is 17.3 Å². The molecule has 0 radical (unpaired) electrons. The summed E-state index contributed by atoms with van der Waals surface area (Å²) in [5.74, 6) is -0.613. The maximum Gasteiger partial charge on any atom is 0.337 e. The first-order valence-corrected chi connectivity index (χ1v) is 6.09. The molecule has 0 aliphatic rings. The number of nitrogens with one attached hydrogen (secondary N) is 1. The van der Waals surface area contributed by atoms with Crippen LogP contribution in [0.4, 0.5) is 5.69 Å². The van der Waals surface area contributed by atoms with Gasteiger partial charge in [0, 0.05) is 23.8 Å². The third-order valence-electron chi connectivity index (χ3n) is 2.30. The lowest BCUT2D eigenvalue weighted by Gasteiger charge is -2.14. The second-order valence-corrected chi connectivity index (χ2v) is 4.85. The Labute approximate surface area is 109 Å². The normalized spacial score (nSPS) is 12.2. The van der Waals surface area contributed by atoms with E-state index in [-0.39, 0.29) is 5.56 Å². The van der Waals surface area contributed by atoms with Crippen LogP contribution in [0.15, 0.2) is 22.7 Å². The highest BCUT2D eigenvalue weighted by atomic mass is 79.9. The van der Waals surface area contributed by atoms with Crippen LogP contribution in [0, 0.1) is 5.92 Å². The Bertz CT molecular complexity index is 395. The van der Waals surface area contributed by atoms with Gasteiger partial charge >= 0.3 is 5.97 Å². The van der Waals surface area contributed by atoms with E-state index in [9.17, 15) is 4.79 Å². The number of aromatic carboxylic acids is 1. The number of carboxylic acids is 1. The maximum absolute atomic E-state index is 11.1. The van der Waals surface area contributed by atoms with Crippen molar-refractivity contribution in [2.75, 3.05) is 25.6 Å². The first kappa shape index (κ1) is 14.0. The summed E-state index contributed by atoms with van der Waals surface area (Å²) in [5, 5.41) is 12.2. The number of hydrogen-bond donors (Lipinski definition) is 2. The molecule has 0 saturated heterocycles. The van der Waals surface area contributed by atoms with Gasteiger partial charge in [-0.05, 0) is 24.1 Å². The number of hydrogen-bond acceptors (Lipinski definition) is 3. The number of carboxylic acid groups (broad SMARTS) is 1. The Morgan fingerprint density at radius 1 is 1.59 bits per heavy atom. The predicted octanol–water partition coefficient (Wildman–Crippen LogP) is 2.84. The van der Waals surface area contributed by atoms with Crippen LogP contribution in [0.2, 0.25) is 0 Å². The predicted molar refractivity (Wildman–Crippen MR) is 70.6 cm³/mol. The van der Waals surface area contributed by atoms with Gasteiger partial charge in [0.1, 0.15) is 0 Å². The summed E-state index contributed by atoms with van der Waals surface area (Å²) < 4.78 is 5.78. The van der Waals surface area contributed by atoms with E-state index in [1.807, 2.05) is 13.0 Å². The average molecular weight is 302 g/mol. The van der Waals surface area contributed by atoms with Crippen LogP contribution in [0.5, 0.6) is 0 Å². The average Bonchev–Trinajstić information content (AvgIpc) is 2.27. The van der Waals surface area contributed by atoms with Gasteiger partial charge in [-0.15, -0.1) is 0 Å². The molecule has 1 aromatic rings. The Balaban J connectivity index is 2.73. The third kappa shape index (κ3) is 4.36. The molecule has 0 saturated carbocycles. The molecule has 0 heterocycles. The molecule has 0 amide bonds. The molecule has 0 spiro atoms. The molecule has 17 heavy (non-hydrogen) atoms. The number of methoxy groups -OCH3 is 1. The van der Waals surface area contributed by atoms with E-state index in [2.05, 4.69) is 21.2 Å². The van der Waals surface area contributed by atoms with Gasteiger partial charge in [0.05, 0.1) is 12.2 Å². The van der Waals surface area contributed by atoms with Crippen molar-refractivity contribution in [2.45, 2.75) is 6.92 Å². The molecule has 0 aromatic heterocycles. The summed E-state index contributed by atoms with van der Waals surface area (Å²) >= 11 is 3.26. The Morgan fingerprint density at radius 2 is 2.29 bits per heavy atom. The third-order valence-corrected chi connectivity index (χ3v) is 2.80. The maximum atomic E-state index is 11.1. The molecule has 1 aromatic carbocycles. The summed E-state index contributed by atoms with van der Waals surface area (Å²) in [6.07, 6.45) is 0. The molecule has 4 nitrogen and oxygen atoms in total. The SMILES string of the molecule is COCC(C)CNc1ccc(Br)cc1C(=O)O. The van der Waals surface area contributed by atoms with E-state index in [1.165, 1.54) is 0 Å². The smallest absolute Gasteiger partial charge is 0.337 e. The molecule has 1 rings (SSSR count). The number of benzene rings is 1. The zero-order valence-electron chi connectivity index (χ0n) is 9.87. The molecule has 0 aliphatic carbocycles. The zero-order valence-corrected chi connectivity index (χ0v) is 11.5. The van der Waals surface area contributed by atoms with Crippen LogP contribution < -0.4 is 5.32 Å². The highest BCUT2D eigenvalue weighted by Crippen LogP contribution is 2.21. The van der Waals surface area contributed by atoms with Crippen LogP contribution in [0.3, 0.4) is 0 Å². The van der Waals surface area contributed by atoms with Crippen molar-refractivity contribution in [1.29, 1.82) is 0 Å². The first-order chi connectivity index (χ1) is 8.04. The Morgan fingerprint density at radius 3 is 2.88 bits per heavy atom. The van der Waals surface area contributed by atoms with Crippen LogP contribution in [0.25, 0.3) is 0 Å². The zero-order chi connectivity index (χ0) is 12.8. The lowest BCUT2D eigenvalue weighted by atomic mass is 10.1. The summed E-state index contributed by atoms with van der Waals surface area (Å²) in [5.41, 5.74) is 0.896. The molecular formula is C12H16BrNO3. The van der Waals surface area contributed by atoms with E-state index in [4.69, 9.17) is 9.84 Å². The van der Waals surface area contributed by atoms with Gasteiger partial charge in [-0.1, -0.05) is 22.9 Å².